The second-order valence-electron chi connectivity index (χ2n) is 3.55. The fourth-order valence-electron chi connectivity index (χ4n) is 1.47. The van der Waals surface area contributed by atoms with Crippen LogP contribution in [0.25, 0.3) is 0 Å². The quantitative estimate of drug-likeness (QED) is 0.801. The molecule has 16 heavy (non-hydrogen) atoms. The highest BCUT2D eigenvalue weighted by molar-refractivity contribution is 7.07. The minimum atomic E-state index is -0.352. The fraction of sp³-hybridized carbons (Fsp3) is 0.167. The van der Waals surface area contributed by atoms with Crippen LogP contribution in [0.15, 0.2) is 35.0 Å². The Morgan fingerprint density at radius 2 is 2.12 bits per heavy atom. The van der Waals surface area contributed by atoms with Crippen molar-refractivity contribution in [3.8, 4) is 0 Å². The van der Waals surface area contributed by atoms with Gasteiger partial charge in [-0.25, -0.2) is 4.39 Å². The summed E-state index contributed by atoms with van der Waals surface area (Å²) in [6.45, 7) is 1.36. The van der Waals surface area contributed by atoms with E-state index < -0.39 is 0 Å². The van der Waals surface area contributed by atoms with Crippen LogP contribution in [0.3, 0.4) is 0 Å². The average molecular weight is 236 g/mol. The first-order valence-corrected chi connectivity index (χ1v) is 5.96. The summed E-state index contributed by atoms with van der Waals surface area (Å²) in [6, 6.07) is 6.94. The minimum Gasteiger partial charge on any atom is -0.396 e. The lowest BCUT2D eigenvalue weighted by Gasteiger charge is -2.07. The van der Waals surface area contributed by atoms with Crippen molar-refractivity contribution in [3.05, 3.63) is 52.0 Å². The van der Waals surface area contributed by atoms with Gasteiger partial charge in [0.25, 0.3) is 0 Å². The number of nitrogen functional groups attached to an aromatic ring is 1. The van der Waals surface area contributed by atoms with E-state index in [2.05, 4.69) is 16.8 Å². The average Bonchev–Trinajstić information content (AvgIpc) is 2.77. The first-order valence-electron chi connectivity index (χ1n) is 5.02. The topological polar surface area (TPSA) is 38.0 Å². The predicted octanol–water partition coefficient (Wildman–Crippen LogP) is 2.76. The molecule has 0 aliphatic rings. The Morgan fingerprint density at radius 1 is 1.25 bits per heavy atom. The van der Waals surface area contributed by atoms with E-state index in [1.807, 2.05) is 11.4 Å². The number of rotatable bonds is 4. The zero-order valence-corrected chi connectivity index (χ0v) is 9.56. The SMILES string of the molecule is Nc1c(F)cccc1CNCc1ccsc1. The molecule has 1 aromatic carbocycles. The molecule has 4 heteroatoms. The van der Waals surface area contributed by atoms with Crippen molar-refractivity contribution in [2.24, 2.45) is 0 Å². The third-order valence-electron chi connectivity index (χ3n) is 2.37. The number of thiophene rings is 1. The Balaban J connectivity index is 1.92. The van der Waals surface area contributed by atoms with Gasteiger partial charge < -0.3 is 11.1 Å². The molecule has 2 aromatic rings. The Morgan fingerprint density at radius 3 is 2.88 bits per heavy atom. The third-order valence-corrected chi connectivity index (χ3v) is 3.10. The van der Waals surface area contributed by atoms with E-state index in [0.29, 0.717) is 6.54 Å². The summed E-state index contributed by atoms with van der Waals surface area (Å²) in [6.07, 6.45) is 0. The molecule has 0 bridgehead atoms. The molecule has 0 radical (unpaired) electrons. The van der Waals surface area contributed by atoms with Gasteiger partial charge in [-0.05, 0) is 34.0 Å². The summed E-state index contributed by atoms with van der Waals surface area (Å²) >= 11 is 1.67. The highest BCUT2D eigenvalue weighted by Crippen LogP contribution is 2.15. The van der Waals surface area contributed by atoms with Crippen molar-refractivity contribution < 1.29 is 4.39 Å². The van der Waals surface area contributed by atoms with Crippen molar-refractivity contribution in [2.45, 2.75) is 13.1 Å². The number of anilines is 1. The zero-order chi connectivity index (χ0) is 11.4. The first-order chi connectivity index (χ1) is 7.77. The van der Waals surface area contributed by atoms with Crippen molar-refractivity contribution in [3.63, 3.8) is 0 Å². The van der Waals surface area contributed by atoms with E-state index >= 15 is 0 Å². The van der Waals surface area contributed by atoms with Gasteiger partial charge in [0.1, 0.15) is 5.82 Å². The summed E-state index contributed by atoms with van der Waals surface area (Å²) in [5.74, 6) is -0.352. The van der Waals surface area contributed by atoms with Gasteiger partial charge in [-0.2, -0.15) is 11.3 Å². The lowest BCUT2D eigenvalue weighted by atomic mass is 10.1. The number of hydrogen-bond acceptors (Lipinski definition) is 3. The Hall–Kier alpha value is -1.39. The van der Waals surface area contributed by atoms with Crippen molar-refractivity contribution >= 4 is 17.0 Å². The summed E-state index contributed by atoms with van der Waals surface area (Å²) in [5.41, 5.74) is 7.90. The molecule has 0 aliphatic carbocycles. The van der Waals surface area contributed by atoms with E-state index in [-0.39, 0.29) is 11.5 Å². The zero-order valence-electron chi connectivity index (χ0n) is 8.74. The van der Waals surface area contributed by atoms with Gasteiger partial charge >= 0.3 is 0 Å². The molecule has 0 saturated heterocycles. The van der Waals surface area contributed by atoms with Crippen LogP contribution < -0.4 is 11.1 Å². The Bertz CT molecular complexity index is 454. The molecule has 2 rings (SSSR count). The number of hydrogen-bond donors (Lipinski definition) is 2. The summed E-state index contributed by atoms with van der Waals surface area (Å²) in [5, 5.41) is 7.35. The number of benzene rings is 1. The van der Waals surface area contributed by atoms with E-state index in [1.54, 1.807) is 17.4 Å². The lowest BCUT2D eigenvalue weighted by molar-refractivity contribution is 0.626. The minimum absolute atomic E-state index is 0.236. The second kappa shape index (κ2) is 5.09. The number of nitrogens with one attached hydrogen (secondary N) is 1. The van der Waals surface area contributed by atoms with E-state index in [1.165, 1.54) is 11.6 Å². The largest absolute Gasteiger partial charge is 0.396 e. The predicted molar refractivity (Wildman–Crippen MR) is 65.7 cm³/mol. The smallest absolute Gasteiger partial charge is 0.146 e. The lowest BCUT2D eigenvalue weighted by Crippen LogP contribution is -2.13. The standard InChI is InChI=1S/C12H13FN2S/c13-11-3-1-2-10(12(11)14)7-15-6-9-4-5-16-8-9/h1-5,8,15H,6-7,14H2. The molecule has 0 fully saturated rings. The van der Waals surface area contributed by atoms with Crippen molar-refractivity contribution in [2.75, 3.05) is 5.73 Å². The second-order valence-corrected chi connectivity index (χ2v) is 4.33. The van der Waals surface area contributed by atoms with Crippen LogP contribution in [0.1, 0.15) is 11.1 Å². The summed E-state index contributed by atoms with van der Waals surface area (Å²) < 4.78 is 13.1. The molecule has 0 amide bonds. The fourth-order valence-corrected chi connectivity index (χ4v) is 2.14. The highest BCUT2D eigenvalue weighted by atomic mass is 32.1. The van der Waals surface area contributed by atoms with Crippen LogP contribution >= 0.6 is 11.3 Å². The summed E-state index contributed by atoms with van der Waals surface area (Å²) in [7, 11) is 0. The van der Waals surface area contributed by atoms with Crippen LogP contribution in [-0.4, -0.2) is 0 Å². The van der Waals surface area contributed by atoms with Crippen LogP contribution in [0.4, 0.5) is 10.1 Å². The molecule has 1 heterocycles. The summed E-state index contributed by atoms with van der Waals surface area (Å²) in [4.78, 5) is 0. The van der Waals surface area contributed by atoms with Crippen molar-refractivity contribution in [1.29, 1.82) is 0 Å². The first kappa shape index (κ1) is 11.1. The molecule has 84 valence electrons. The van der Waals surface area contributed by atoms with E-state index in [4.69, 9.17) is 5.73 Å². The van der Waals surface area contributed by atoms with Gasteiger partial charge in [0, 0.05) is 13.1 Å². The molecular formula is C12H13FN2S. The van der Waals surface area contributed by atoms with Gasteiger partial charge in [-0.15, -0.1) is 0 Å². The van der Waals surface area contributed by atoms with Gasteiger partial charge in [-0.3, -0.25) is 0 Å². The number of halogens is 1. The Kier molecular flexibility index (Phi) is 3.54. The highest BCUT2D eigenvalue weighted by Gasteiger charge is 2.03. The normalized spacial score (nSPS) is 10.6. The van der Waals surface area contributed by atoms with Gasteiger partial charge in [0.2, 0.25) is 0 Å². The van der Waals surface area contributed by atoms with E-state index in [0.717, 1.165) is 12.1 Å². The van der Waals surface area contributed by atoms with Gasteiger partial charge in [-0.1, -0.05) is 12.1 Å². The van der Waals surface area contributed by atoms with Crippen LogP contribution in [0.2, 0.25) is 0 Å². The molecular weight excluding hydrogens is 223 g/mol. The van der Waals surface area contributed by atoms with Crippen LogP contribution in [0.5, 0.6) is 0 Å². The van der Waals surface area contributed by atoms with E-state index in [9.17, 15) is 4.39 Å². The van der Waals surface area contributed by atoms with Gasteiger partial charge in [0.05, 0.1) is 5.69 Å². The monoisotopic (exact) mass is 236 g/mol. The maximum Gasteiger partial charge on any atom is 0.146 e. The van der Waals surface area contributed by atoms with Crippen LogP contribution in [0, 0.1) is 5.82 Å². The maximum atomic E-state index is 13.1. The molecule has 0 spiro atoms. The molecule has 2 nitrogen and oxygen atoms in total. The molecule has 0 aliphatic heterocycles. The molecule has 0 unspecified atom stereocenters. The third kappa shape index (κ3) is 2.59. The van der Waals surface area contributed by atoms with Crippen LogP contribution in [-0.2, 0) is 13.1 Å². The van der Waals surface area contributed by atoms with Gasteiger partial charge in [0.15, 0.2) is 0 Å². The Labute approximate surface area is 97.9 Å². The maximum absolute atomic E-state index is 13.1. The molecule has 0 atom stereocenters. The number of para-hydroxylation sites is 1. The molecule has 3 N–H and O–H groups in total. The van der Waals surface area contributed by atoms with Crippen molar-refractivity contribution in [1.82, 2.24) is 5.32 Å². The molecule has 0 saturated carbocycles. The molecule has 1 aromatic heterocycles. The number of nitrogens with two attached hydrogens (primary N) is 1.